The first-order chi connectivity index (χ1) is 14.5. The average molecular weight is 423 g/mol. The van der Waals surface area contributed by atoms with Crippen LogP contribution in [0.3, 0.4) is 0 Å². The Morgan fingerprint density at radius 1 is 0.867 bits per heavy atom. The highest BCUT2D eigenvalue weighted by atomic mass is 32.1. The van der Waals surface area contributed by atoms with Crippen LogP contribution in [-0.4, -0.2) is 37.3 Å². The molecule has 7 nitrogen and oxygen atoms in total. The molecular formula is C22H17NO6S. The fourth-order valence-corrected chi connectivity index (χ4v) is 3.29. The number of hydrogen-bond donors (Lipinski definition) is 1. The Morgan fingerprint density at radius 2 is 1.57 bits per heavy atom. The number of hydrogen-bond acceptors (Lipinski definition) is 7. The molecule has 2 aromatic carbocycles. The highest BCUT2D eigenvalue weighted by Gasteiger charge is 2.20. The zero-order valence-corrected chi connectivity index (χ0v) is 16.7. The van der Waals surface area contributed by atoms with Crippen LogP contribution < -0.4 is 5.32 Å². The molecular weight excluding hydrogens is 406 g/mol. The van der Waals surface area contributed by atoms with Crippen LogP contribution in [0.15, 0.2) is 66.0 Å². The third-order valence-corrected chi connectivity index (χ3v) is 4.93. The lowest BCUT2D eigenvalue weighted by molar-refractivity contribution is -0.119. The summed E-state index contributed by atoms with van der Waals surface area (Å²) < 4.78 is 9.68. The van der Waals surface area contributed by atoms with Crippen molar-refractivity contribution in [3.05, 3.63) is 87.6 Å². The van der Waals surface area contributed by atoms with E-state index in [1.807, 2.05) is 0 Å². The SMILES string of the molecule is COC(=O)c1ccc(NC(=O)COC(=O)c2ccccc2C(=O)c2cccs2)cc1. The van der Waals surface area contributed by atoms with Crippen LogP contribution in [0.2, 0.25) is 0 Å². The quantitative estimate of drug-likeness (QED) is 0.461. The minimum absolute atomic E-state index is 0.0890. The van der Waals surface area contributed by atoms with Gasteiger partial charge in [0.1, 0.15) is 0 Å². The topological polar surface area (TPSA) is 98.8 Å². The summed E-state index contributed by atoms with van der Waals surface area (Å²) in [4.78, 5) is 49.1. The Kier molecular flexibility index (Phi) is 6.71. The van der Waals surface area contributed by atoms with Crippen molar-refractivity contribution < 1.29 is 28.7 Å². The fourth-order valence-electron chi connectivity index (χ4n) is 2.61. The van der Waals surface area contributed by atoms with Crippen molar-refractivity contribution in [2.45, 2.75) is 0 Å². The van der Waals surface area contributed by atoms with Gasteiger partial charge >= 0.3 is 11.9 Å². The van der Waals surface area contributed by atoms with E-state index < -0.39 is 24.5 Å². The first-order valence-electron chi connectivity index (χ1n) is 8.82. The average Bonchev–Trinajstić information content (AvgIpc) is 3.32. The van der Waals surface area contributed by atoms with Gasteiger partial charge in [0.25, 0.3) is 5.91 Å². The van der Waals surface area contributed by atoms with Crippen molar-refractivity contribution in [1.82, 2.24) is 0 Å². The molecule has 1 N–H and O–H groups in total. The largest absolute Gasteiger partial charge is 0.465 e. The summed E-state index contributed by atoms with van der Waals surface area (Å²) in [5.74, 6) is -2.10. The predicted octanol–water partition coefficient (Wildman–Crippen LogP) is 3.56. The highest BCUT2D eigenvalue weighted by molar-refractivity contribution is 7.12. The van der Waals surface area contributed by atoms with E-state index >= 15 is 0 Å². The second-order valence-corrected chi connectivity index (χ2v) is 6.99. The number of methoxy groups -OCH3 is 1. The van der Waals surface area contributed by atoms with Gasteiger partial charge in [-0.25, -0.2) is 9.59 Å². The number of rotatable bonds is 7. The summed E-state index contributed by atoms with van der Waals surface area (Å²) in [6.45, 7) is -0.529. The minimum atomic E-state index is -0.772. The summed E-state index contributed by atoms with van der Waals surface area (Å²) >= 11 is 1.28. The Balaban J connectivity index is 1.61. The molecule has 0 aliphatic carbocycles. The van der Waals surface area contributed by atoms with Crippen molar-refractivity contribution in [2.75, 3.05) is 19.0 Å². The number of thiophene rings is 1. The van der Waals surface area contributed by atoms with Crippen molar-refractivity contribution >= 4 is 40.7 Å². The number of nitrogens with one attached hydrogen (secondary N) is 1. The van der Waals surface area contributed by atoms with Gasteiger partial charge in [0, 0.05) is 11.3 Å². The molecule has 0 aliphatic rings. The standard InChI is InChI=1S/C22H17NO6S/c1-28-21(26)14-8-10-15(11-9-14)23-19(24)13-29-22(27)17-6-3-2-5-16(17)20(25)18-7-4-12-30-18/h2-12H,13H2,1H3,(H,23,24). The van der Waals surface area contributed by atoms with Crippen LogP contribution in [0.5, 0.6) is 0 Å². The van der Waals surface area contributed by atoms with Crippen LogP contribution in [0, 0.1) is 0 Å². The Hall–Kier alpha value is -3.78. The monoisotopic (exact) mass is 423 g/mol. The number of esters is 2. The van der Waals surface area contributed by atoms with Crippen LogP contribution >= 0.6 is 11.3 Å². The maximum absolute atomic E-state index is 12.6. The van der Waals surface area contributed by atoms with E-state index in [4.69, 9.17) is 4.74 Å². The number of amides is 1. The molecule has 0 saturated heterocycles. The molecule has 0 saturated carbocycles. The van der Waals surface area contributed by atoms with Gasteiger partial charge in [0.05, 0.1) is 23.1 Å². The van der Waals surface area contributed by atoms with E-state index in [0.717, 1.165) is 0 Å². The van der Waals surface area contributed by atoms with Gasteiger partial charge in [-0.15, -0.1) is 11.3 Å². The van der Waals surface area contributed by atoms with Crippen LogP contribution in [-0.2, 0) is 14.3 Å². The molecule has 8 heteroatoms. The lowest BCUT2D eigenvalue weighted by Crippen LogP contribution is -2.22. The van der Waals surface area contributed by atoms with E-state index in [2.05, 4.69) is 10.1 Å². The summed E-state index contributed by atoms with van der Waals surface area (Å²) in [6, 6.07) is 15.8. The molecule has 3 rings (SSSR count). The summed E-state index contributed by atoms with van der Waals surface area (Å²) in [7, 11) is 1.28. The third kappa shape index (κ3) is 4.98. The number of ether oxygens (including phenoxy) is 2. The molecule has 0 bridgehead atoms. The molecule has 0 atom stereocenters. The number of carbonyl (C=O) groups is 4. The molecule has 1 heterocycles. The lowest BCUT2D eigenvalue weighted by atomic mass is 10.0. The van der Waals surface area contributed by atoms with Crippen LogP contribution in [0.1, 0.15) is 36.0 Å². The van der Waals surface area contributed by atoms with Crippen molar-refractivity contribution in [2.24, 2.45) is 0 Å². The van der Waals surface area contributed by atoms with Gasteiger partial charge in [-0.2, -0.15) is 0 Å². The van der Waals surface area contributed by atoms with E-state index in [1.54, 1.807) is 35.7 Å². The van der Waals surface area contributed by atoms with Crippen molar-refractivity contribution in [3.63, 3.8) is 0 Å². The number of benzene rings is 2. The molecule has 0 radical (unpaired) electrons. The van der Waals surface area contributed by atoms with Gasteiger partial charge in [0.2, 0.25) is 5.78 Å². The molecule has 0 aliphatic heterocycles. The fraction of sp³-hybridized carbons (Fsp3) is 0.0909. The molecule has 0 unspecified atom stereocenters. The molecule has 0 spiro atoms. The molecule has 3 aromatic rings. The Morgan fingerprint density at radius 3 is 2.20 bits per heavy atom. The second kappa shape index (κ2) is 9.62. The van der Waals surface area contributed by atoms with Crippen molar-refractivity contribution in [3.8, 4) is 0 Å². The second-order valence-electron chi connectivity index (χ2n) is 6.05. The normalized spacial score (nSPS) is 10.2. The van der Waals surface area contributed by atoms with E-state index in [-0.39, 0.29) is 16.9 Å². The lowest BCUT2D eigenvalue weighted by Gasteiger charge is -2.09. The van der Waals surface area contributed by atoms with Gasteiger partial charge in [-0.1, -0.05) is 24.3 Å². The van der Waals surface area contributed by atoms with Gasteiger partial charge in [-0.05, 0) is 41.8 Å². The maximum atomic E-state index is 12.6. The number of ketones is 1. The minimum Gasteiger partial charge on any atom is -0.465 e. The molecule has 152 valence electrons. The summed E-state index contributed by atoms with van der Waals surface area (Å²) in [6.07, 6.45) is 0. The Bertz CT molecular complexity index is 1070. The maximum Gasteiger partial charge on any atom is 0.339 e. The number of carbonyl (C=O) groups excluding carboxylic acids is 4. The highest BCUT2D eigenvalue weighted by Crippen LogP contribution is 2.19. The van der Waals surface area contributed by atoms with Gasteiger partial charge in [-0.3, -0.25) is 9.59 Å². The molecule has 30 heavy (non-hydrogen) atoms. The third-order valence-electron chi connectivity index (χ3n) is 4.06. The van der Waals surface area contributed by atoms with Crippen LogP contribution in [0.4, 0.5) is 5.69 Å². The van der Waals surface area contributed by atoms with E-state index in [0.29, 0.717) is 16.1 Å². The zero-order valence-electron chi connectivity index (χ0n) is 15.9. The first kappa shape index (κ1) is 20.9. The smallest absolute Gasteiger partial charge is 0.339 e. The van der Waals surface area contributed by atoms with Crippen LogP contribution in [0.25, 0.3) is 0 Å². The Labute approximate surface area is 176 Å². The summed E-state index contributed by atoms with van der Waals surface area (Å²) in [5, 5.41) is 4.33. The van der Waals surface area contributed by atoms with E-state index in [9.17, 15) is 19.2 Å². The zero-order chi connectivity index (χ0) is 21.5. The molecule has 1 amide bonds. The van der Waals surface area contributed by atoms with Gasteiger partial charge in [0.15, 0.2) is 6.61 Å². The van der Waals surface area contributed by atoms with Gasteiger partial charge < -0.3 is 14.8 Å². The van der Waals surface area contributed by atoms with E-state index in [1.165, 1.54) is 48.8 Å². The molecule has 0 fully saturated rings. The predicted molar refractivity (Wildman–Crippen MR) is 111 cm³/mol. The summed E-state index contributed by atoms with van der Waals surface area (Å²) in [5.41, 5.74) is 1.07. The number of anilines is 1. The molecule has 1 aromatic heterocycles. The first-order valence-corrected chi connectivity index (χ1v) is 9.70. The van der Waals surface area contributed by atoms with Crippen molar-refractivity contribution in [1.29, 1.82) is 0 Å².